The van der Waals surface area contributed by atoms with Crippen LogP contribution in [0.3, 0.4) is 0 Å². The van der Waals surface area contributed by atoms with E-state index in [-0.39, 0.29) is 0 Å². The van der Waals surface area contributed by atoms with E-state index in [2.05, 4.69) is 36.1 Å². The first kappa shape index (κ1) is 15.3. The van der Waals surface area contributed by atoms with Gasteiger partial charge in [0.1, 0.15) is 0 Å². The Morgan fingerprint density at radius 2 is 1.84 bits per heavy atom. The lowest BCUT2D eigenvalue weighted by atomic mass is 9.95. The van der Waals surface area contributed by atoms with Gasteiger partial charge in [-0.3, -0.25) is 0 Å². The quantitative estimate of drug-likeness (QED) is 0.796. The molecule has 2 unspecified atom stereocenters. The maximum absolute atomic E-state index is 3.70. The normalized spacial score (nSPS) is 30.3. The fourth-order valence-electron chi connectivity index (χ4n) is 3.84. The molecule has 0 bridgehead atoms. The predicted octanol–water partition coefficient (Wildman–Crippen LogP) is 2.18. The lowest BCUT2D eigenvalue weighted by Gasteiger charge is -2.37. The third-order valence-electron chi connectivity index (χ3n) is 4.88. The summed E-state index contributed by atoms with van der Waals surface area (Å²) in [5, 5.41) is 3.70. The molecule has 19 heavy (non-hydrogen) atoms. The summed E-state index contributed by atoms with van der Waals surface area (Å²) in [5.74, 6) is 0.932. The van der Waals surface area contributed by atoms with E-state index in [1.807, 2.05) is 0 Å². The topological polar surface area (TPSA) is 18.5 Å². The Bertz CT molecular complexity index is 246. The van der Waals surface area contributed by atoms with Crippen LogP contribution in [0.2, 0.25) is 0 Å². The van der Waals surface area contributed by atoms with E-state index in [4.69, 9.17) is 0 Å². The Balaban J connectivity index is 1.68. The van der Waals surface area contributed by atoms with Gasteiger partial charge in [0.25, 0.3) is 0 Å². The second-order valence-corrected chi connectivity index (χ2v) is 6.86. The smallest absolute Gasteiger partial charge is 0.0111 e. The minimum Gasteiger partial charge on any atom is -0.314 e. The van der Waals surface area contributed by atoms with Crippen LogP contribution in [0, 0.1) is 5.92 Å². The number of likely N-dealkylation sites (tertiary alicyclic amines) is 1. The van der Waals surface area contributed by atoms with E-state index in [9.17, 15) is 0 Å². The summed E-state index contributed by atoms with van der Waals surface area (Å²) in [6.45, 7) is 7.41. The van der Waals surface area contributed by atoms with Gasteiger partial charge in [0.15, 0.2) is 0 Å². The molecule has 2 atom stereocenters. The van der Waals surface area contributed by atoms with Crippen LogP contribution in [0.15, 0.2) is 0 Å². The summed E-state index contributed by atoms with van der Waals surface area (Å²) >= 11 is 0. The second-order valence-electron chi connectivity index (χ2n) is 6.86. The minimum absolute atomic E-state index is 0.796. The number of nitrogens with zero attached hydrogens (tertiary/aromatic N) is 2. The minimum atomic E-state index is 0.796. The summed E-state index contributed by atoms with van der Waals surface area (Å²) in [7, 11) is 4.40. The highest BCUT2D eigenvalue weighted by Gasteiger charge is 2.31. The summed E-state index contributed by atoms with van der Waals surface area (Å²) in [6, 6.07) is 1.67. The van der Waals surface area contributed by atoms with Crippen LogP contribution in [0.5, 0.6) is 0 Å². The van der Waals surface area contributed by atoms with Crippen molar-refractivity contribution in [1.82, 2.24) is 15.1 Å². The molecule has 0 aromatic carbocycles. The molecule has 0 aromatic rings. The molecular weight excluding hydrogens is 234 g/mol. The van der Waals surface area contributed by atoms with Crippen molar-refractivity contribution >= 4 is 0 Å². The Hall–Kier alpha value is -0.120. The summed E-state index contributed by atoms with van der Waals surface area (Å²) in [4.78, 5) is 5.13. The Labute approximate surface area is 119 Å². The van der Waals surface area contributed by atoms with Crippen LogP contribution in [0.25, 0.3) is 0 Å². The van der Waals surface area contributed by atoms with Crippen molar-refractivity contribution in [3.8, 4) is 0 Å². The van der Waals surface area contributed by atoms with Crippen LogP contribution in [0.1, 0.15) is 45.4 Å². The van der Waals surface area contributed by atoms with Gasteiger partial charge in [-0.2, -0.15) is 0 Å². The lowest BCUT2D eigenvalue weighted by molar-refractivity contribution is 0.120. The number of piperidine rings is 1. The first-order chi connectivity index (χ1) is 9.19. The van der Waals surface area contributed by atoms with Crippen molar-refractivity contribution in [2.75, 3.05) is 40.3 Å². The van der Waals surface area contributed by atoms with Crippen molar-refractivity contribution < 1.29 is 0 Å². The molecule has 2 rings (SSSR count). The number of hydrogen-bond donors (Lipinski definition) is 1. The molecule has 1 aliphatic carbocycles. The van der Waals surface area contributed by atoms with Gasteiger partial charge in [-0.05, 0) is 78.2 Å². The van der Waals surface area contributed by atoms with E-state index in [1.54, 1.807) is 0 Å². The van der Waals surface area contributed by atoms with Crippen LogP contribution in [-0.2, 0) is 0 Å². The molecule has 0 spiro atoms. The zero-order valence-corrected chi connectivity index (χ0v) is 13.2. The van der Waals surface area contributed by atoms with E-state index in [0.29, 0.717) is 0 Å². The molecule has 2 fully saturated rings. The number of rotatable bonds is 6. The summed E-state index contributed by atoms with van der Waals surface area (Å²) in [6.07, 6.45) is 8.26. The van der Waals surface area contributed by atoms with Gasteiger partial charge in [-0.1, -0.05) is 6.92 Å². The van der Waals surface area contributed by atoms with Crippen molar-refractivity contribution in [3.05, 3.63) is 0 Å². The zero-order valence-electron chi connectivity index (χ0n) is 13.2. The fourth-order valence-corrected chi connectivity index (χ4v) is 3.84. The van der Waals surface area contributed by atoms with Crippen LogP contribution >= 0.6 is 0 Å². The molecular formula is C16H33N3. The van der Waals surface area contributed by atoms with E-state index in [1.165, 1.54) is 64.7 Å². The van der Waals surface area contributed by atoms with Gasteiger partial charge in [-0.25, -0.2) is 0 Å². The van der Waals surface area contributed by atoms with Crippen LogP contribution in [0.4, 0.5) is 0 Å². The van der Waals surface area contributed by atoms with Crippen molar-refractivity contribution in [2.24, 2.45) is 5.92 Å². The first-order valence-electron chi connectivity index (χ1n) is 8.31. The molecule has 1 N–H and O–H groups in total. The van der Waals surface area contributed by atoms with E-state index < -0.39 is 0 Å². The number of nitrogens with one attached hydrogen (secondary N) is 1. The summed E-state index contributed by atoms with van der Waals surface area (Å²) in [5.41, 5.74) is 0. The maximum Gasteiger partial charge on any atom is 0.0111 e. The standard InChI is InChI=1S/C16H33N3/c1-4-9-17-15-5-6-16(12-15)19-10-7-14(8-11-19)13-18(2)3/h14-17H,4-13H2,1-3H3. The third kappa shape index (κ3) is 4.73. The van der Waals surface area contributed by atoms with Gasteiger partial charge in [-0.15, -0.1) is 0 Å². The number of hydrogen-bond acceptors (Lipinski definition) is 3. The second kappa shape index (κ2) is 7.61. The van der Waals surface area contributed by atoms with Crippen molar-refractivity contribution in [2.45, 2.75) is 57.5 Å². The molecule has 0 amide bonds. The molecule has 1 saturated heterocycles. The van der Waals surface area contributed by atoms with Gasteiger partial charge in [0, 0.05) is 18.6 Å². The SMILES string of the molecule is CCCNC1CCC(N2CCC(CN(C)C)CC2)C1. The maximum atomic E-state index is 3.70. The molecule has 1 saturated carbocycles. The third-order valence-corrected chi connectivity index (χ3v) is 4.88. The molecule has 2 aliphatic rings. The molecule has 1 aliphatic heterocycles. The molecule has 112 valence electrons. The van der Waals surface area contributed by atoms with Gasteiger partial charge >= 0.3 is 0 Å². The summed E-state index contributed by atoms with van der Waals surface area (Å²) < 4.78 is 0. The molecule has 0 radical (unpaired) electrons. The predicted molar refractivity (Wildman–Crippen MR) is 82.6 cm³/mol. The Morgan fingerprint density at radius 1 is 1.11 bits per heavy atom. The largest absolute Gasteiger partial charge is 0.314 e. The van der Waals surface area contributed by atoms with Crippen molar-refractivity contribution in [1.29, 1.82) is 0 Å². The first-order valence-corrected chi connectivity index (χ1v) is 8.31. The molecule has 0 aromatic heterocycles. The Morgan fingerprint density at radius 3 is 2.47 bits per heavy atom. The average Bonchev–Trinajstić information content (AvgIpc) is 2.85. The Kier molecular flexibility index (Phi) is 6.11. The molecule has 3 nitrogen and oxygen atoms in total. The highest BCUT2D eigenvalue weighted by molar-refractivity contribution is 4.88. The zero-order chi connectivity index (χ0) is 13.7. The average molecular weight is 267 g/mol. The van der Waals surface area contributed by atoms with Gasteiger partial charge in [0.2, 0.25) is 0 Å². The lowest BCUT2D eigenvalue weighted by Crippen LogP contribution is -2.42. The van der Waals surface area contributed by atoms with Gasteiger partial charge < -0.3 is 15.1 Å². The highest BCUT2D eigenvalue weighted by Crippen LogP contribution is 2.28. The monoisotopic (exact) mass is 267 g/mol. The molecule has 3 heteroatoms. The molecule has 1 heterocycles. The van der Waals surface area contributed by atoms with Gasteiger partial charge in [0.05, 0.1) is 0 Å². The van der Waals surface area contributed by atoms with Crippen LogP contribution < -0.4 is 5.32 Å². The van der Waals surface area contributed by atoms with E-state index >= 15 is 0 Å². The highest BCUT2D eigenvalue weighted by atomic mass is 15.2. The van der Waals surface area contributed by atoms with Crippen molar-refractivity contribution in [3.63, 3.8) is 0 Å². The van der Waals surface area contributed by atoms with Crippen LogP contribution in [-0.4, -0.2) is 62.2 Å². The van der Waals surface area contributed by atoms with E-state index in [0.717, 1.165) is 18.0 Å². The fraction of sp³-hybridized carbons (Fsp3) is 1.00.